The molecule has 70 valence electrons. The van der Waals surface area contributed by atoms with Crippen LogP contribution in [0.25, 0.3) is 0 Å². The summed E-state index contributed by atoms with van der Waals surface area (Å²) in [6.07, 6.45) is 0. The molecule has 3 nitrogen and oxygen atoms in total. The smallest absolute Gasteiger partial charge is 0.369 e. The molecule has 0 aromatic heterocycles. The van der Waals surface area contributed by atoms with Crippen LogP contribution >= 0.6 is 11.6 Å². The van der Waals surface area contributed by atoms with E-state index in [0.29, 0.717) is 5.02 Å². The van der Waals surface area contributed by atoms with E-state index < -0.39 is 6.04 Å². The first-order valence-electron chi connectivity index (χ1n) is 3.81. The number of carbonyl (C=O) groups excluding carboxylic acids is 1. The highest BCUT2D eigenvalue weighted by Gasteiger charge is 2.19. The topological polar surface area (TPSA) is 53.9 Å². The van der Waals surface area contributed by atoms with Gasteiger partial charge in [-0.2, -0.15) is 0 Å². The van der Waals surface area contributed by atoms with Crippen molar-refractivity contribution in [3.63, 3.8) is 0 Å². The van der Waals surface area contributed by atoms with Crippen LogP contribution in [0.1, 0.15) is 11.6 Å². The van der Waals surface area contributed by atoms with Crippen LogP contribution < -0.4 is 5.73 Å². The predicted molar refractivity (Wildman–Crippen MR) is 49.1 cm³/mol. The lowest BCUT2D eigenvalue weighted by molar-refractivity contribution is -0.414. The predicted octanol–water partition coefficient (Wildman–Crippen LogP) is 0.796. The Bertz CT molecular complexity index is 297. The first-order chi connectivity index (χ1) is 6.15. The molecule has 0 aliphatic rings. The monoisotopic (exact) mass is 200 g/mol. The summed E-state index contributed by atoms with van der Waals surface area (Å²) in [5.41, 5.74) is 4.49. The molecule has 0 aliphatic carbocycles. The lowest BCUT2D eigenvalue weighted by Gasteiger charge is -2.05. The van der Waals surface area contributed by atoms with Gasteiger partial charge in [0, 0.05) is 10.6 Å². The Morgan fingerprint density at radius 2 is 2.00 bits per heavy atom. The molecular formula is C9H11ClNO2+. The normalized spacial score (nSPS) is 12.2. The van der Waals surface area contributed by atoms with Gasteiger partial charge in [0.25, 0.3) is 0 Å². The number of ether oxygens (including phenoxy) is 1. The van der Waals surface area contributed by atoms with Crippen LogP contribution in [-0.2, 0) is 9.53 Å². The Hall–Kier alpha value is -1.06. The van der Waals surface area contributed by atoms with Crippen molar-refractivity contribution < 1.29 is 15.3 Å². The first-order valence-corrected chi connectivity index (χ1v) is 4.19. The second-order valence-electron chi connectivity index (χ2n) is 2.63. The molecule has 1 aromatic carbocycles. The van der Waals surface area contributed by atoms with Gasteiger partial charge in [-0.25, -0.2) is 4.79 Å². The first kappa shape index (κ1) is 10.0. The van der Waals surface area contributed by atoms with E-state index in [4.69, 9.17) is 11.6 Å². The molecule has 3 N–H and O–H groups in total. The molecule has 0 amide bonds. The number of halogens is 1. The van der Waals surface area contributed by atoms with E-state index in [0.717, 1.165) is 5.56 Å². The number of rotatable bonds is 2. The lowest BCUT2D eigenvalue weighted by atomic mass is 10.1. The second kappa shape index (κ2) is 4.25. The van der Waals surface area contributed by atoms with Crippen molar-refractivity contribution in [1.29, 1.82) is 0 Å². The average molecular weight is 201 g/mol. The van der Waals surface area contributed by atoms with Gasteiger partial charge < -0.3 is 10.5 Å². The third-order valence-electron chi connectivity index (χ3n) is 1.76. The average Bonchev–Trinajstić information content (AvgIpc) is 2.17. The van der Waals surface area contributed by atoms with Crippen LogP contribution in [0, 0.1) is 0 Å². The zero-order valence-electron chi connectivity index (χ0n) is 7.29. The molecule has 0 bridgehead atoms. The van der Waals surface area contributed by atoms with E-state index in [-0.39, 0.29) is 5.97 Å². The summed E-state index contributed by atoms with van der Waals surface area (Å²) >= 11 is 5.69. The standard InChI is InChI=1S/C9H10ClNO2/c1-13-9(12)8(11)6-2-4-7(10)5-3-6/h2-5,8H,11H2,1H3/p+1/t8-/m1/s1. The van der Waals surface area contributed by atoms with E-state index >= 15 is 0 Å². The third kappa shape index (κ3) is 2.44. The maximum atomic E-state index is 11.1. The van der Waals surface area contributed by atoms with Gasteiger partial charge in [-0.15, -0.1) is 0 Å². The van der Waals surface area contributed by atoms with Gasteiger partial charge in [0.15, 0.2) is 0 Å². The van der Waals surface area contributed by atoms with Crippen molar-refractivity contribution in [2.24, 2.45) is 0 Å². The van der Waals surface area contributed by atoms with Crippen molar-refractivity contribution in [3.05, 3.63) is 34.9 Å². The van der Waals surface area contributed by atoms with Gasteiger partial charge in [-0.1, -0.05) is 23.7 Å². The highest BCUT2D eigenvalue weighted by atomic mass is 35.5. The zero-order valence-corrected chi connectivity index (χ0v) is 8.04. The van der Waals surface area contributed by atoms with E-state index in [1.165, 1.54) is 7.11 Å². The van der Waals surface area contributed by atoms with Crippen molar-refractivity contribution in [1.82, 2.24) is 0 Å². The minimum atomic E-state index is -0.484. The van der Waals surface area contributed by atoms with Crippen molar-refractivity contribution in [3.8, 4) is 0 Å². The number of hydrogen-bond acceptors (Lipinski definition) is 2. The second-order valence-corrected chi connectivity index (χ2v) is 3.06. The van der Waals surface area contributed by atoms with Gasteiger partial charge in [0.2, 0.25) is 6.04 Å². The fraction of sp³-hybridized carbons (Fsp3) is 0.222. The number of carbonyl (C=O) groups is 1. The molecule has 0 spiro atoms. The fourth-order valence-electron chi connectivity index (χ4n) is 0.973. The number of esters is 1. The molecule has 1 aromatic rings. The summed E-state index contributed by atoms with van der Waals surface area (Å²) in [6.45, 7) is 0. The minimum Gasteiger partial charge on any atom is -0.464 e. The van der Waals surface area contributed by atoms with Crippen molar-refractivity contribution in [2.45, 2.75) is 6.04 Å². The quantitative estimate of drug-likeness (QED) is 0.718. The maximum absolute atomic E-state index is 11.1. The van der Waals surface area contributed by atoms with Gasteiger partial charge in [0.1, 0.15) is 0 Å². The van der Waals surface area contributed by atoms with Crippen LogP contribution in [0.4, 0.5) is 0 Å². The van der Waals surface area contributed by atoms with E-state index in [1.54, 1.807) is 24.3 Å². The maximum Gasteiger partial charge on any atom is 0.369 e. The highest BCUT2D eigenvalue weighted by molar-refractivity contribution is 6.30. The Labute approximate surface area is 81.4 Å². The number of hydrogen-bond donors (Lipinski definition) is 1. The SMILES string of the molecule is COC(=O)[C@H]([NH3+])c1ccc(Cl)cc1. The van der Waals surface area contributed by atoms with Crippen LogP contribution in [0.2, 0.25) is 5.02 Å². The molecule has 4 heteroatoms. The van der Waals surface area contributed by atoms with Crippen LogP contribution in [0.15, 0.2) is 24.3 Å². The third-order valence-corrected chi connectivity index (χ3v) is 2.01. The number of methoxy groups -OCH3 is 1. The van der Waals surface area contributed by atoms with Gasteiger partial charge >= 0.3 is 5.97 Å². The highest BCUT2D eigenvalue weighted by Crippen LogP contribution is 2.14. The molecule has 0 heterocycles. The molecule has 1 rings (SSSR count). The summed E-state index contributed by atoms with van der Waals surface area (Å²) in [5.74, 6) is -0.345. The molecule has 1 atom stereocenters. The van der Waals surface area contributed by atoms with Gasteiger partial charge in [-0.3, -0.25) is 0 Å². The summed E-state index contributed by atoms with van der Waals surface area (Å²) < 4.78 is 4.56. The Morgan fingerprint density at radius 1 is 1.46 bits per heavy atom. The molecule has 0 aliphatic heterocycles. The number of quaternary nitrogens is 1. The molecule has 0 unspecified atom stereocenters. The largest absolute Gasteiger partial charge is 0.464 e. The molecule has 0 radical (unpaired) electrons. The summed E-state index contributed by atoms with van der Waals surface area (Å²) in [5, 5.41) is 0.640. The van der Waals surface area contributed by atoms with Crippen LogP contribution in [0.5, 0.6) is 0 Å². The van der Waals surface area contributed by atoms with Crippen molar-refractivity contribution >= 4 is 17.6 Å². The molecule has 0 saturated carbocycles. The molecule has 0 fully saturated rings. The van der Waals surface area contributed by atoms with Crippen molar-refractivity contribution in [2.75, 3.05) is 7.11 Å². The Kier molecular flexibility index (Phi) is 3.28. The molecular weight excluding hydrogens is 190 g/mol. The summed E-state index contributed by atoms with van der Waals surface area (Å²) in [7, 11) is 1.34. The fourth-order valence-corrected chi connectivity index (χ4v) is 1.10. The van der Waals surface area contributed by atoms with Crippen LogP contribution in [0.3, 0.4) is 0 Å². The van der Waals surface area contributed by atoms with E-state index in [9.17, 15) is 4.79 Å². The minimum absolute atomic E-state index is 0.345. The van der Waals surface area contributed by atoms with Gasteiger partial charge in [0.05, 0.1) is 7.11 Å². The van der Waals surface area contributed by atoms with Gasteiger partial charge in [-0.05, 0) is 12.1 Å². The molecule has 0 saturated heterocycles. The lowest BCUT2D eigenvalue weighted by Crippen LogP contribution is -2.57. The Morgan fingerprint density at radius 3 is 2.46 bits per heavy atom. The van der Waals surface area contributed by atoms with E-state index in [2.05, 4.69) is 10.5 Å². The zero-order chi connectivity index (χ0) is 9.84. The summed E-state index contributed by atoms with van der Waals surface area (Å²) in [4.78, 5) is 11.1. The van der Waals surface area contributed by atoms with E-state index in [1.807, 2.05) is 0 Å². The number of benzene rings is 1. The van der Waals surface area contributed by atoms with Crippen LogP contribution in [-0.4, -0.2) is 13.1 Å². The summed E-state index contributed by atoms with van der Waals surface area (Å²) in [6, 6.07) is 6.48. The molecule has 13 heavy (non-hydrogen) atoms. The Balaban J connectivity index is 2.83.